The second kappa shape index (κ2) is 6.27. The van der Waals surface area contributed by atoms with Crippen LogP contribution in [0.4, 0.5) is 20.2 Å². The molecule has 1 atom stereocenters. The Labute approximate surface area is 118 Å². The highest BCUT2D eigenvalue weighted by Crippen LogP contribution is 2.13. The molecule has 0 aliphatic rings. The SMILES string of the molecule is O=[N+]([O-])c1cnn(CC(O)CNc2cc(F)cc(F)c2)c1. The van der Waals surface area contributed by atoms with Gasteiger partial charge in [0.25, 0.3) is 0 Å². The quantitative estimate of drug-likeness (QED) is 0.623. The summed E-state index contributed by atoms with van der Waals surface area (Å²) in [5, 5.41) is 26.6. The molecule has 2 aromatic rings. The van der Waals surface area contributed by atoms with Gasteiger partial charge in [-0.1, -0.05) is 0 Å². The van der Waals surface area contributed by atoms with Crippen molar-refractivity contribution in [3.05, 3.63) is 52.3 Å². The Morgan fingerprint density at radius 2 is 2.05 bits per heavy atom. The van der Waals surface area contributed by atoms with Gasteiger partial charge in [0.15, 0.2) is 0 Å². The second-order valence-corrected chi connectivity index (χ2v) is 4.37. The fourth-order valence-electron chi connectivity index (χ4n) is 1.72. The molecular weight excluding hydrogens is 286 g/mol. The van der Waals surface area contributed by atoms with Gasteiger partial charge in [0, 0.05) is 18.3 Å². The monoisotopic (exact) mass is 298 g/mol. The maximum atomic E-state index is 13.0. The summed E-state index contributed by atoms with van der Waals surface area (Å²) in [6, 6.07) is 2.92. The molecule has 0 aliphatic heterocycles. The number of rotatable bonds is 6. The molecule has 0 saturated carbocycles. The van der Waals surface area contributed by atoms with Crippen molar-refractivity contribution in [2.75, 3.05) is 11.9 Å². The Bertz CT molecular complexity index is 627. The van der Waals surface area contributed by atoms with E-state index in [4.69, 9.17) is 0 Å². The number of aliphatic hydroxyl groups is 1. The average molecular weight is 298 g/mol. The molecule has 1 aromatic carbocycles. The van der Waals surface area contributed by atoms with Gasteiger partial charge in [-0.15, -0.1) is 0 Å². The number of anilines is 1. The molecule has 1 unspecified atom stereocenters. The molecule has 112 valence electrons. The summed E-state index contributed by atoms with van der Waals surface area (Å²) in [4.78, 5) is 9.89. The number of nitrogens with zero attached hydrogens (tertiary/aromatic N) is 3. The molecule has 2 N–H and O–H groups in total. The van der Waals surface area contributed by atoms with E-state index in [9.17, 15) is 24.0 Å². The van der Waals surface area contributed by atoms with Crippen molar-refractivity contribution in [1.29, 1.82) is 0 Å². The van der Waals surface area contributed by atoms with E-state index in [0.717, 1.165) is 24.4 Å². The molecule has 7 nitrogen and oxygen atoms in total. The van der Waals surface area contributed by atoms with Gasteiger partial charge < -0.3 is 10.4 Å². The number of nitrogens with one attached hydrogen (secondary N) is 1. The van der Waals surface area contributed by atoms with Crippen molar-refractivity contribution in [2.24, 2.45) is 0 Å². The summed E-state index contributed by atoms with van der Waals surface area (Å²) >= 11 is 0. The molecule has 1 heterocycles. The molecule has 0 fully saturated rings. The van der Waals surface area contributed by atoms with Crippen LogP contribution in [0.5, 0.6) is 0 Å². The molecular formula is C12H12F2N4O3. The Kier molecular flexibility index (Phi) is 4.43. The van der Waals surface area contributed by atoms with Crippen molar-refractivity contribution in [1.82, 2.24) is 9.78 Å². The predicted molar refractivity (Wildman–Crippen MR) is 69.7 cm³/mol. The largest absolute Gasteiger partial charge is 0.389 e. The molecule has 2 rings (SSSR count). The minimum Gasteiger partial charge on any atom is -0.389 e. The first kappa shape index (κ1) is 14.9. The molecule has 0 aliphatic carbocycles. The summed E-state index contributed by atoms with van der Waals surface area (Å²) in [7, 11) is 0. The molecule has 21 heavy (non-hydrogen) atoms. The predicted octanol–water partition coefficient (Wildman–Crippen LogP) is 1.54. The number of hydrogen-bond donors (Lipinski definition) is 2. The third-order valence-electron chi connectivity index (χ3n) is 2.63. The van der Waals surface area contributed by atoms with Gasteiger partial charge in [-0.3, -0.25) is 14.8 Å². The first-order valence-electron chi connectivity index (χ1n) is 5.99. The van der Waals surface area contributed by atoms with Crippen molar-refractivity contribution >= 4 is 11.4 Å². The summed E-state index contributed by atoms with van der Waals surface area (Å²) in [6.07, 6.45) is 1.32. The van der Waals surface area contributed by atoms with Crippen LogP contribution in [0.15, 0.2) is 30.6 Å². The number of aromatic nitrogens is 2. The van der Waals surface area contributed by atoms with E-state index in [2.05, 4.69) is 10.4 Å². The second-order valence-electron chi connectivity index (χ2n) is 4.37. The van der Waals surface area contributed by atoms with Crippen LogP contribution in [-0.4, -0.2) is 32.5 Å². The first-order chi connectivity index (χ1) is 9.94. The highest BCUT2D eigenvalue weighted by Gasteiger charge is 2.12. The normalized spacial score (nSPS) is 12.1. The lowest BCUT2D eigenvalue weighted by Gasteiger charge is -2.12. The Morgan fingerprint density at radius 1 is 1.38 bits per heavy atom. The highest BCUT2D eigenvalue weighted by atomic mass is 19.1. The standard InChI is InChI=1S/C12H12F2N4O3/c13-8-1-9(14)3-10(2-8)15-5-12(19)7-17-6-11(4-16-17)18(20)21/h1-4,6,12,15,19H,5,7H2. The molecule has 0 spiro atoms. The third-order valence-corrected chi connectivity index (χ3v) is 2.63. The molecule has 0 radical (unpaired) electrons. The van der Waals surface area contributed by atoms with E-state index in [-0.39, 0.29) is 24.5 Å². The fraction of sp³-hybridized carbons (Fsp3) is 0.250. The topological polar surface area (TPSA) is 93.2 Å². The van der Waals surface area contributed by atoms with E-state index in [1.165, 1.54) is 10.9 Å². The lowest BCUT2D eigenvalue weighted by atomic mass is 10.2. The molecule has 0 bridgehead atoms. The van der Waals surface area contributed by atoms with Crippen LogP contribution >= 0.6 is 0 Å². The van der Waals surface area contributed by atoms with Gasteiger partial charge >= 0.3 is 5.69 Å². The van der Waals surface area contributed by atoms with Crippen molar-refractivity contribution < 1.29 is 18.8 Å². The van der Waals surface area contributed by atoms with Crippen molar-refractivity contribution in [3.63, 3.8) is 0 Å². The van der Waals surface area contributed by atoms with Gasteiger partial charge in [0.1, 0.15) is 24.0 Å². The molecule has 0 amide bonds. The summed E-state index contributed by atoms with van der Waals surface area (Å²) in [6.45, 7) is 0.0230. The van der Waals surface area contributed by atoms with Crippen LogP contribution in [-0.2, 0) is 6.54 Å². The van der Waals surface area contributed by atoms with Crippen LogP contribution in [0.1, 0.15) is 0 Å². The average Bonchev–Trinajstić information content (AvgIpc) is 2.84. The minimum atomic E-state index is -0.934. The molecule has 0 saturated heterocycles. The lowest BCUT2D eigenvalue weighted by molar-refractivity contribution is -0.385. The van der Waals surface area contributed by atoms with Gasteiger partial charge in [-0.05, 0) is 12.1 Å². The minimum absolute atomic E-state index is 0.0105. The van der Waals surface area contributed by atoms with Gasteiger partial charge in [-0.25, -0.2) is 8.78 Å². The molecule has 9 heteroatoms. The van der Waals surface area contributed by atoms with Crippen LogP contribution < -0.4 is 5.32 Å². The van der Waals surface area contributed by atoms with E-state index in [0.29, 0.717) is 0 Å². The Balaban J connectivity index is 1.89. The summed E-state index contributed by atoms with van der Waals surface area (Å²) < 4.78 is 27.1. The first-order valence-corrected chi connectivity index (χ1v) is 5.99. The zero-order valence-corrected chi connectivity index (χ0v) is 10.7. The van der Waals surface area contributed by atoms with Crippen molar-refractivity contribution in [3.8, 4) is 0 Å². The maximum absolute atomic E-state index is 13.0. The number of nitro groups is 1. The van der Waals surface area contributed by atoms with E-state index in [1.807, 2.05) is 0 Å². The zero-order chi connectivity index (χ0) is 15.4. The van der Waals surface area contributed by atoms with E-state index >= 15 is 0 Å². The maximum Gasteiger partial charge on any atom is 0.306 e. The van der Waals surface area contributed by atoms with Gasteiger partial charge in [0.2, 0.25) is 0 Å². The molecule has 1 aromatic heterocycles. The lowest BCUT2D eigenvalue weighted by Crippen LogP contribution is -2.25. The van der Waals surface area contributed by atoms with E-state index < -0.39 is 22.7 Å². The Hall–Kier alpha value is -2.55. The fourth-order valence-corrected chi connectivity index (χ4v) is 1.72. The smallest absolute Gasteiger partial charge is 0.306 e. The summed E-state index contributed by atoms with van der Waals surface area (Å²) in [5.74, 6) is -1.45. The Morgan fingerprint density at radius 3 is 2.62 bits per heavy atom. The number of benzene rings is 1. The van der Waals surface area contributed by atoms with Crippen LogP contribution in [0.2, 0.25) is 0 Å². The van der Waals surface area contributed by atoms with Gasteiger partial charge in [-0.2, -0.15) is 5.10 Å². The van der Waals surface area contributed by atoms with Crippen LogP contribution in [0.3, 0.4) is 0 Å². The number of aliphatic hydroxyl groups excluding tert-OH is 1. The van der Waals surface area contributed by atoms with Gasteiger partial charge in [0.05, 0.1) is 17.6 Å². The zero-order valence-electron chi connectivity index (χ0n) is 10.7. The van der Waals surface area contributed by atoms with Crippen molar-refractivity contribution in [2.45, 2.75) is 12.6 Å². The number of hydrogen-bond acceptors (Lipinski definition) is 5. The van der Waals surface area contributed by atoms with E-state index in [1.54, 1.807) is 0 Å². The summed E-state index contributed by atoms with van der Waals surface area (Å²) in [5.41, 5.74) is 0.0142. The highest BCUT2D eigenvalue weighted by molar-refractivity contribution is 5.43. The number of halogens is 2. The van der Waals surface area contributed by atoms with Crippen LogP contribution in [0.25, 0.3) is 0 Å². The third kappa shape index (κ3) is 4.21. The van der Waals surface area contributed by atoms with Crippen LogP contribution in [0, 0.1) is 21.7 Å².